The van der Waals surface area contributed by atoms with E-state index in [0.29, 0.717) is 5.54 Å². The predicted octanol–water partition coefficient (Wildman–Crippen LogP) is 2.98. The molecule has 3 heteroatoms. The number of nitrogens with zero attached hydrogens (tertiary/aromatic N) is 1. The van der Waals surface area contributed by atoms with E-state index in [1.807, 2.05) is 11.8 Å². The van der Waals surface area contributed by atoms with Crippen LogP contribution in [0.1, 0.15) is 47.0 Å². The van der Waals surface area contributed by atoms with E-state index in [1.165, 1.54) is 38.1 Å². The number of rotatable bonds is 6. The third-order valence-electron chi connectivity index (χ3n) is 4.25. The lowest BCUT2D eigenvalue weighted by Crippen LogP contribution is -2.68. The van der Waals surface area contributed by atoms with Crippen molar-refractivity contribution in [3.8, 4) is 0 Å². The maximum Gasteiger partial charge on any atom is 0.0329 e. The monoisotopic (exact) mass is 258 g/mol. The van der Waals surface area contributed by atoms with E-state index in [0.717, 1.165) is 6.54 Å². The second-order valence-corrected chi connectivity index (χ2v) is 6.92. The summed E-state index contributed by atoms with van der Waals surface area (Å²) in [7, 11) is 0. The zero-order valence-electron chi connectivity index (χ0n) is 12.3. The van der Waals surface area contributed by atoms with Gasteiger partial charge in [0.05, 0.1) is 0 Å². The molecule has 1 rings (SSSR count). The average Bonchev–Trinajstić information content (AvgIpc) is 2.30. The van der Waals surface area contributed by atoms with Crippen molar-refractivity contribution < 1.29 is 0 Å². The molecule has 0 aliphatic carbocycles. The van der Waals surface area contributed by atoms with E-state index < -0.39 is 0 Å². The molecule has 1 N–H and O–H groups in total. The third-order valence-corrected chi connectivity index (χ3v) is 4.94. The van der Waals surface area contributed by atoms with Crippen molar-refractivity contribution in [1.29, 1.82) is 0 Å². The first kappa shape index (κ1) is 15.3. The van der Waals surface area contributed by atoms with Gasteiger partial charge in [-0.1, -0.05) is 13.8 Å². The van der Waals surface area contributed by atoms with Crippen LogP contribution < -0.4 is 5.32 Å². The average molecular weight is 258 g/mol. The highest BCUT2D eigenvalue weighted by atomic mass is 32.2. The number of nitrogens with one attached hydrogen (secondary N) is 1. The Bertz CT molecular complexity index is 224. The molecule has 0 spiro atoms. The summed E-state index contributed by atoms with van der Waals surface area (Å²) >= 11 is 1.96. The summed E-state index contributed by atoms with van der Waals surface area (Å²) in [6, 6.07) is 0. The Morgan fingerprint density at radius 1 is 1.24 bits per heavy atom. The molecule has 1 heterocycles. The molecule has 0 amide bonds. The predicted molar refractivity (Wildman–Crippen MR) is 80.0 cm³/mol. The van der Waals surface area contributed by atoms with Crippen LogP contribution in [0.4, 0.5) is 0 Å². The smallest absolute Gasteiger partial charge is 0.0329 e. The Morgan fingerprint density at radius 2 is 1.88 bits per heavy atom. The van der Waals surface area contributed by atoms with E-state index in [9.17, 15) is 0 Å². The number of thioether (sulfide) groups is 1. The molecule has 102 valence electrons. The lowest BCUT2D eigenvalue weighted by atomic mass is 9.84. The second-order valence-electron chi connectivity index (χ2n) is 5.94. The van der Waals surface area contributed by atoms with E-state index in [2.05, 4.69) is 44.2 Å². The molecule has 0 atom stereocenters. The molecule has 2 nitrogen and oxygen atoms in total. The van der Waals surface area contributed by atoms with Crippen LogP contribution in [0, 0.1) is 0 Å². The van der Waals surface area contributed by atoms with Gasteiger partial charge in [0.2, 0.25) is 0 Å². The highest BCUT2D eigenvalue weighted by Gasteiger charge is 2.41. The summed E-state index contributed by atoms with van der Waals surface area (Å²) < 4.78 is 0. The van der Waals surface area contributed by atoms with Crippen molar-refractivity contribution in [2.75, 3.05) is 31.6 Å². The fourth-order valence-electron chi connectivity index (χ4n) is 2.88. The van der Waals surface area contributed by atoms with Crippen LogP contribution in [0.5, 0.6) is 0 Å². The molecule has 17 heavy (non-hydrogen) atoms. The van der Waals surface area contributed by atoms with E-state index in [4.69, 9.17) is 0 Å². The van der Waals surface area contributed by atoms with Crippen molar-refractivity contribution in [2.24, 2.45) is 0 Å². The normalized spacial score (nSPS) is 23.8. The van der Waals surface area contributed by atoms with Crippen molar-refractivity contribution >= 4 is 11.8 Å². The maximum atomic E-state index is 3.72. The van der Waals surface area contributed by atoms with Crippen molar-refractivity contribution in [3.05, 3.63) is 0 Å². The topological polar surface area (TPSA) is 15.3 Å². The molecule has 0 radical (unpaired) electrons. The maximum absolute atomic E-state index is 3.72. The summed E-state index contributed by atoms with van der Waals surface area (Å²) in [5.41, 5.74) is 0.668. The molecule has 0 aromatic rings. The van der Waals surface area contributed by atoms with Gasteiger partial charge in [0, 0.05) is 24.2 Å². The largest absolute Gasteiger partial charge is 0.309 e. The first-order valence-electron chi connectivity index (χ1n) is 6.98. The number of hydrogen-bond donors (Lipinski definition) is 1. The molecule has 1 aliphatic rings. The van der Waals surface area contributed by atoms with Crippen LogP contribution >= 0.6 is 11.8 Å². The van der Waals surface area contributed by atoms with Crippen molar-refractivity contribution in [1.82, 2.24) is 10.2 Å². The van der Waals surface area contributed by atoms with Crippen molar-refractivity contribution in [3.63, 3.8) is 0 Å². The molecule has 1 fully saturated rings. The fourth-order valence-corrected chi connectivity index (χ4v) is 3.30. The van der Waals surface area contributed by atoms with Crippen LogP contribution in [-0.2, 0) is 0 Å². The van der Waals surface area contributed by atoms with Crippen LogP contribution in [0.2, 0.25) is 0 Å². The Morgan fingerprint density at radius 3 is 2.41 bits per heavy atom. The van der Waals surface area contributed by atoms with Crippen LogP contribution in [0.3, 0.4) is 0 Å². The summed E-state index contributed by atoms with van der Waals surface area (Å²) in [6.45, 7) is 12.9. The first-order valence-corrected chi connectivity index (χ1v) is 8.38. The summed E-state index contributed by atoms with van der Waals surface area (Å²) in [5, 5.41) is 3.72. The first-order chi connectivity index (χ1) is 7.99. The quantitative estimate of drug-likeness (QED) is 0.737. The van der Waals surface area contributed by atoms with Gasteiger partial charge in [-0.05, 0) is 51.7 Å². The Labute approximate surface area is 112 Å². The molecular formula is C14H30N2S. The third kappa shape index (κ3) is 3.87. The van der Waals surface area contributed by atoms with E-state index in [1.54, 1.807) is 0 Å². The minimum Gasteiger partial charge on any atom is -0.309 e. The van der Waals surface area contributed by atoms with Gasteiger partial charge in [-0.2, -0.15) is 11.8 Å². The highest BCUT2D eigenvalue weighted by Crippen LogP contribution is 2.30. The lowest BCUT2D eigenvalue weighted by Gasteiger charge is -2.52. The van der Waals surface area contributed by atoms with E-state index in [-0.39, 0.29) is 5.54 Å². The SMILES string of the molecule is CCC1(CC)CNC(C)(C)CN1CCCSC. The van der Waals surface area contributed by atoms with Gasteiger partial charge in [-0.25, -0.2) is 0 Å². The minimum atomic E-state index is 0.271. The second kappa shape index (κ2) is 6.44. The van der Waals surface area contributed by atoms with Crippen molar-refractivity contribution in [2.45, 2.75) is 58.0 Å². The van der Waals surface area contributed by atoms with Gasteiger partial charge in [-0.15, -0.1) is 0 Å². The summed E-state index contributed by atoms with van der Waals surface area (Å²) in [6.07, 6.45) is 6.03. The van der Waals surface area contributed by atoms with Crippen LogP contribution in [0.25, 0.3) is 0 Å². The van der Waals surface area contributed by atoms with Gasteiger partial charge in [0.15, 0.2) is 0 Å². The molecule has 1 saturated heterocycles. The Balaban J connectivity index is 2.67. The highest BCUT2D eigenvalue weighted by molar-refractivity contribution is 7.98. The van der Waals surface area contributed by atoms with Gasteiger partial charge in [-0.3, -0.25) is 4.90 Å². The Hall–Kier alpha value is 0.270. The lowest BCUT2D eigenvalue weighted by molar-refractivity contribution is 0.00937. The molecule has 0 bridgehead atoms. The van der Waals surface area contributed by atoms with Gasteiger partial charge >= 0.3 is 0 Å². The van der Waals surface area contributed by atoms with Crippen LogP contribution in [-0.4, -0.2) is 47.6 Å². The molecular weight excluding hydrogens is 228 g/mol. The zero-order chi connectivity index (χ0) is 12.9. The molecule has 0 aromatic carbocycles. The minimum absolute atomic E-state index is 0.271. The molecule has 0 aromatic heterocycles. The molecule has 0 unspecified atom stereocenters. The summed E-state index contributed by atoms with van der Waals surface area (Å²) in [5.74, 6) is 1.29. The number of piperazine rings is 1. The zero-order valence-corrected chi connectivity index (χ0v) is 13.1. The van der Waals surface area contributed by atoms with Gasteiger partial charge in [0.25, 0.3) is 0 Å². The fraction of sp³-hybridized carbons (Fsp3) is 1.00. The Kier molecular flexibility index (Phi) is 5.81. The van der Waals surface area contributed by atoms with Gasteiger partial charge < -0.3 is 5.32 Å². The molecule has 1 aliphatic heterocycles. The number of hydrogen-bond acceptors (Lipinski definition) is 3. The summed E-state index contributed by atoms with van der Waals surface area (Å²) in [4.78, 5) is 2.75. The van der Waals surface area contributed by atoms with Gasteiger partial charge in [0.1, 0.15) is 0 Å². The van der Waals surface area contributed by atoms with Crippen LogP contribution in [0.15, 0.2) is 0 Å². The van der Waals surface area contributed by atoms with E-state index >= 15 is 0 Å². The molecule has 0 saturated carbocycles. The standard InChI is InChI=1S/C14H30N2S/c1-6-14(7-2)11-15-13(3,4)12-16(14)9-8-10-17-5/h15H,6-12H2,1-5H3.